The molecule has 2 bridgehead atoms. The second kappa shape index (κ2) is 5.03. The summed E-state index contributed by atoms with van der Waals surface area (Å²) in [5.41, 5.74) is 1.53. The maximum atomic E-state index is 5.31. The molecule has 0 aliphatic carbocycles. The van der Waals surface area contributed by atoms with Gasteiger partial charge in [0, 0.05) is 12.1 Å². The molecule has 2 heteroatoms. The number of piperidine rings is 1. The highest BCUT2D eigenvalue weighted by molar-refractivity contribution is 5.84. The largest absolute Gasteiger partial charge is 0.497 e. The van der Waals surface area contributed by atoms with E-state index in [1.165, 1.54) is 42.0 Å². The van der Waals surface area contributed by atoms with Crippen molar-refractivity contribution < 1.29 is 4.74 Å². The number of fused-ring (bicyclic) bond motifs is 3. The summed E-state index contributed by atoms with van der Waals surface area (Å²) in [5.74, 6) is 1.68. The monoisotopic (exact) mass is 281 g/mol. The number of ether oxygens (including phenoxy) is 1. The number of hydrogen-bond acceptors (Lipinski definition) is 2. The Hall–Kier alpha value is -1.54. The van der Waals surface area contributed by atoms with Crippen LogP contribution in [-0.2, 0) is 0 Å². The van der Waals surface area contributed by atoms with Crippen molar-refractivity contribution in [2.24, 2.45) is 0 Å². The molecule has 2 fully saturated rings. The summed E-state index contributed by atoms with van der Waals surface area (Å²) >= 11 is 0. The number of benzene rings is 2. The van der Waals surface area contributed by atoms with Gasteiger partial charge in [0.1, 0.15) is 5.75 Å². The number of rotatable bonds is 2. The molecule has 0 spiro atoms. The van der Waals surface area contributed by atoms with E-state index in [0.29, 0.717) is 0 Å². The highest BCUT2D eigenvalue weighted by Crippen LogP contribution is 2.42. The molecule has 1 unspecified atom stereocenters. The molecule has 2 aromatic rings. The molecular formula is C19H23NO. The van der Waals surface area contributed by atoms with Crippen LogP contribution in [0.2, 0.25) is 0 Å². The van der Waals surface area contributed by atoms with Crippen molar-refractivity contribution in [1.29, 1.82) is 0 Å². The van der Waals surface area contributed by atoms with Gasteiger partial charge in [-0.25, -0.2) is 0 Å². The van der Waals surface area contributed by atoms with Crippen LogP contribution in [-0.4, -0.2) is 31.1 Å². The van der Waals surface area contributed by atoms with Gasteiger partial charge in [0.2, 0.25) is 0 Å². The summed E-state index contributed by atoms with van der Waals surface area (Å²) in [7, 11) is 4.04. The highest BCUT2D eigenvalue weighted by atomic mass is 16.5. The summed E-state index contributed by atoms with van der Waals surface area (Å²) < 4.78 is 5.31. The van der Waals surface area contributed by atoms with E-state index in [0.717, 1.165) is 23.8 Å². The van der Waals surface area contributed by atoms with Crippen molar-refractivity contribution in [3.8, 4) is 5.75 Å². The second-order valence-electron chi connectivity index (χ2n) is 6.69. The van der Waals surface area contributed by atoms with Crippen LogP contribution in [0.3, 0.4) is 0 Å². The summed E-state index contributed by atoms with van der Waals surface area (Å²) in [6, 6.07) is 15.0. The average Bonchev–Trinajstić information content (AvgIpc) is 2.75. The van der Waals surface area contributed by atoms with Crippen LogP contribution >= 0.6 is 0 Å². The first-order valence-electron chi connectivity index (χ1n) is 8.04. The van der Waals surface area contributed by atoms with E-state index < -0.39 is 0 Å². The molecule has 2 nitrogen and oxygen atoms in total. The van der Waals surface area contributed by atoms with Gasteiger partial charge >= 0.3 is 0 Å². The summed E-state index contributed by atoms with van der Waals surface area (Å²) in [4.78, 5) is 2.61. The van der Waals surface area contributed by atoms with Gasteiger partial charge in [0.15, 0.2) is 0 Å². The standard InChI is InChI=1S/C19H23NO/c1-20-17-6-7-18(20)11-16(10-17)14-3-4-15-12-19(21-2)8-5-13(15)9-14/h3-5,8-9,12,16-18H,6-7,10-11H2,1-2H3/t16?,17-,18+. The van der Waals surface area contributed by atoms with E-state index in [1.807, 2.05) is 0 Å². The van der Waals surface area contributed by atoms with Crippen LogP contribution in [0.5, 0.6) is 5.75 Å². The molecule has 0 N–H and O–H groups in total. The first-order chi connectivity index (χ1) is 10.2. The molecule has 4 rings (SSSR count). The van der Waals surface area contributed by atoms with E-state index in [-0.39, 0.29) is 0 Å². The molecule has 21 heavy (non-hydrogen) atoms. The Bertz CT molecular complexity index is 652. The topological polar surface area (TPSA) is 12.5 Å². The van der Waals surface area contributed by atoms with Gasteiger partial charge in [0.25, 0.3) is 0 Å². The van der Waals surface area contributed by atoms with Crippen LogP contribution in [0.4, 0.5) is 0 Å². The van der Waals surface area contributed by atoms with Crippen LogP contribution < -0.4 is 4.74 Å². The fourth-order valence-electron chi connectivity index (χ4n) is 4.31. The Balaban J connectivity index is 1.65. The molecule has 110 valence electrons. The van der Waals surface area contributed by atoms with Crippen LogP contribution in [0.15, 0.2) is 36.4 Å². The molecule has 2 aromatic carbocycles. The fraction of sp³-hybridized carbons (Fsp3) is 0.474. The predicted molar refractivity (Wildman–Crippen MR) is 87.0 cm³/mol. The second-order valence-corrected chi connectivity index (χ2v) is 6.69. The molecule has 0 aromatic heterocycles. The van der Waals surface area contributed by atoms with Gasteiger partial charge in [-0.15, -0.1) is 0 Å². The fourth-order valence-corrected chi connectivity index (χ4v) is 4.31. The number of hydrogen-bond donors (Lipinski definition) is 0. The summed E-state index contributed by atoms with van der Waals surface area (Å²) in [5, 5.41) is 2.61. The predicted octanol–water partition coefficient (Wildman–Crippen LogP) is 4.19. The van der Waals surface area contributed by atoms with Crippen LogP contribution in [0, 0.1) is 0 Å². The van der Waals surface area contributed by atoms with Crippen LogP contribution in [0.1, 0.15) is 37.2 Å². The zero-order valence-electron chi connectivity index (χ0n) is 12.9. The molecular weight excluding hydrogens is 258 g/mol. The van der Waals surface area contributed by atoms with Gasteiger partial charge in [0.05, 0.1) is 7.11 Å². The molecule has 2 aliphatic heterocycles. The van der Waals surface area contributed by atoms with Crippen molar-refractivity contribution in [2.75, 3.05) is 14.2 Å². The Labute approximate surface area is 126 Å². The first-order valence-corrected chi connectivity index (χ1v) is 8.04. The van der Waals surface area contributed by atoms with Gasteiger partial charge < -0.3 is 9.64 Å². The van der Waals surface area contributed by atoms with E-state index >= 15 is 0 Å². The molecule has 2 aliphatic rings. The Morgan fingerprint density at radius 2 is 1.62 bits per heavy atom. The number of methoxy groups -OCH3 is 1. The van der Waals surface area contributed by atoms with Gasteiger partial charge in [-0.2, -0.15) is 0 Å². The first kappa shape index (κ1) is 13.1. The van der Waals surface area contributed by atoms with Crippen molar-refractivity contribution in [3.05, 3.63) is 42.0 Å². The van der Waals surface area contributed by atoms with Gasteiger partial charge in [-0.1, -0.05) is 24.3 Å². The van der Waals surface area contributed by atoms with Crippen LogP contribution in [0.25, 0.3) is 10.8 Å². The Morgan fingerprint density at radius 1 is 0.952 bits per heavy atom. The zero-order chi connectivity index (χ0) is 14.4. The SMILES string of the molecule is COc1ccc2cc(C3C[C@H]4CC[C@@H](C3)N4C)ccc2c1. The molecule has 2 heterocycles. The highest BCUT2D eigenvalue weighted by Gasteiger charge is 2.38. The molecule has 0 amide bonds. The lowest BCUT2D eigenvalue weighted by Gasteiger charge is -2.36. The zero-order valence-corrected chi connectivity index (χ0v) is 12.9. The minimum atomic E-state index is 0.741. The van der Waals surface area contributed by atoms with Gasteiger partial charge in [-0.05, 0) is 67.1 Å². The Morgan fingerprint density at radius 3 is 2.33 bits per heavy atom. The van der Waals surface area contributed by atoms with E-state index in [1.54, 1.807) is 7.11 Å². The van der Waals surface area contributed by atoms with E-state index in [2.05, 4.69) is 48.3 Å². The minimum absolute atomic E-state index is 0.741. The van der Waals surface area contributed by atoms with Crippen molar-refractivity contribution in [2.45, 2.75) is 43.7 Å². The molecule has 0 saturated carbocycles. The summed E-state index contributed by atoms with van der Waals surface area (Å²) in [6.45, 7) is 0. The summed E-state index contributed by atoms with van der Waals surface area (Å²) in [6.07, 6.45) is 5.44. The van der Waals surface area contributed by atoms with Gasteiger partial charge in [-0.3, -0.25) is 0 Å². The van der Waals surface area contributed by atoms with Crippen molar-refractivity contribution in [1.82, 2.24) is 4.90 Å². The lowest BCUT2D eigenvalue weighted by molar-refractivity contribution is 0.162. The third kappa shape index (κ3) is 2.22. The van der Waals surface area contributed by atoms with E-state index in [4.69, 9.17) is 4.74 Å². The maximum absolute atomic E-state index is 5.31. The number of nitrogens with zero attached hydrogens (tertiary/aromatic N) is 1. The molecule has 2 saturated heterocycles. The quantitative estimate of drug-likeness (QED) is 0.818. The third-order valence-electron chi connectivity index (χ3n) is 5.64. The van der Waals surface area contributed by atoms with E-state index in [9.17, 15) is 0 Å². The molecule has 3 atom stereocenters. The van der Waals surface area contributed by atoms with Crippen molar-refractivity contribution in [3.63, 3.8) is 0 Å². The normalized spacial score (nSPS) is 29.0. The molecule has 0 radical (unpaired) electrons. The lowest BCUT2D eigenvalue weighted by Crippen LogP contribution is -2.39. The third-order valence-corrected chi connectivity index (χ3v) is 5.64. The minimum Gasteiger partial charge on any atom is -0.497 e. The Kier molecular flexibility index (Phi) is 3.15. The smallest absolute Gasteiger partial charge is 0.119 e. The van der Waals surface area contributed by atoms with Crippen molar-refractivity contribution >= 4 is 10.8 Å². The maximum Gasteiger partial charge on any atom is 0.119 e. The average molecular weight is 281 g/mol. The lowest BCUT2D eigenvalue weighted by atomic mass is 9.84.